The van der Waals surface area contributed by atoms with Gasteiger partial charge in [-0.05, 0) is 24.4 Å². The Hall–Kier alpha value is -2.67. The zero-order valence-corrected chi connectivity index (χ0v) is 13.7. The fourth-order valence-corrected chi connectivity index (χ4v) is 2.72. The molecule has 0 saturated carbocycles. The lowest BCUT2D eigenvalue weighted by molar-refractivity contribution is 0.0777. The second-order valence-electron chi connectivity index (χ2n) is 5.33. The molecule has 1 aromatic carbocycles. The summed E-state index contributed by atoms with van der Waals surface area (Å²) in [7, 11) is 3.62. The number of aryl methyl sites for hydroxylation is 1. The highest BCUT2D eigenvalue weighted by atomic mass is 32.1. The SMILES string of the molecule is CN(Cc1cnn(C)c1)C(=O)c1c[nH]c(=S)n1-c1ccccc1. The Morgan fingerprint density at radius 2 is 2.09 bits per heavy atom. The number of aromatic amines is 1. The van der Waals surface area contributed by atoms with Crippen LogP contribution in [0.2, 0.25) is 0 Å². The molecule has 23 heavy (non-hydrogen) atoms. The maximum absolute atomic E-state index is 12.8. The normalized spacial score (nSPS) is 10.7. The van der Waals surface area contributed by atoms with Crippen molar-refractivity contribution in [1.29, 1.82) is 0 Å². The summed E-state index contributed by atoms with van der Waals surface area (Å²) < 4.78 is 3.96. The minimum Gasteiger partial charge on any atom is -0.336 e. The summed E-state index contributed by atoms with van der Waals surface area (Å²) in [6.07, 6.45) is 5.30. The molecule has 118 valence electrons. The van der Waals surface area contributed by atoms with Gasteiger partial charge in [0.05, 0.1) is 6.20 Å². The smallest absolute Gasteiger partial charge is 0.272 e. The Bertz CT molecular complexity index is 877. The molecule has 2 heterocycles. The predicted molar refractivity (Wildman–Crippen MR) is 90.0 cm³/mol. The molecule has 3 rings (SSSR count). The molecule has 0 aliphatic rings. The van der Waals surface area contributed by atoms with Crippen LogP contribution in [0.5, 0.6) is 0 Å². The third-order valence-corrected chi connectivity index (χ3v) is 3.84. The molecule has 0 fully saturated rings. The highest BCUT2D eigenvalue weighted by molar-refractivity contribution is 7.71. The van der Waals surface area contributed by atoms with Crippen molar-refractivity contribution in [3.63, 3.8) is 0 Å². The molecule has 0 saturated heterocycles. The van der Waals surface area contributed by atoms with Crippen molar-refractivity contribution in [2.45, 2.75) is 6.54 Å². The molecule has 3 aromatic rings. The van der Waals surface area contributed by atoms with Crippen LogP contribution in [0.15, 0.2) is 48.9 Å². The molecule has 0 radical (unpaired) electrons. The fraction of sp³-hybridized carbons (Fsp3) is 0.188. The van der Waals surface area contributed by atoms with E-state index in [1.165, 1.54) is 0 Å². The summed E-state index contributed by atoms with van der Waals surface area (Å²) >= 11 is 5.32. The fourth-order valence-electron chi connectivity index (χ4n) is 2.45. The van der Waals surface area contributed by atoms with E-state index in [9.17, 15) is 4.79 Å². The van der Waals surface area contributed by atoms with Gasteiger partial charge in [0.2, 0.25) is 0 Å². The van der Waals surface area contributed by atoms with Crippen molar-refractivity contribution >= 4 is 18.1 Å². The van der Waals surface area contributed by atoms with Crippen LogP contribution < -0.4 is 0 Å². The molecule has 0 aliphatic carbocycles. The van der Waals surface area contributed by atoms with Gasteiger partial charge >= 0.3 is 0 Å². The number of nitrogens with one attached hydrogen (secondary N) is 1. The van der Waals surface area contributed by atoms with E-state index < -0.39 is 0 Å². The first-order valence-corrected chi connectivity index (χ1v) is 7.56. The van der Waals surface area contributed by atoms with Crippen LogP contribution in [-0.4, -0.2) is 37.2 Å². The highest BCUT2D eigenvalue weighted by Crippen LogP contribution is 2.15. The van der Waals surface area contributed by atoms with Crippen LogP contribution in [0.1, 0.15) is 16.1 Å². The third kappa shape index (κ3) is 3.09. The summed E-state index contributed by atoms with van der Waals surface area (Å²) in [4.78, 5) is 17.4. The average Bonchev–Trinajstić information content (AvgIpc) is 3.13. The van der Waals surface area contributed by atoms with Crippen molar-refractivity contribution in [2.75, 3.05) is 7.05 Å². The quantitative estimate of drug-likeness (QED) is 0.749. The van der Waals surface area contributed by atoms with Gasteiger partial charge in [-0.2, -0.15) is 5.10 Å². The van der Waals surface area contributed by atoms with Gasteiger partial charge < -0.3 is 9.88 Å². The van der Waals surface area contributed by atoms with Crippen molar-refractivity contribution < 1.29 is 4.79 Å². The second kappa shape index (κ2) is 6.21. The molecule has 0 atom stereocenters. The van der Waals surface area contributed by atoms with Crippen LogP contribution >= 0.6 is 12.2 Å². The van der Waals surface area contributed by atoms with Crippen LogP contribution in [-0.2, 0) is 13.6 Å². The molecule has 0 unspecified atom stereocenters. The molecule has 0 spiro atoms. The molecule has 2 aromatic heterocycles. The number of hydrogen-bond acceptors (Lipinski definition) is 3. The van der Waals surface area contributed by atoms with Crippen molar-refractivity contribution in [3.8, 4) is 5.69 Å². The van der Waals surface area contributed by atoms with E-state index in [0.717, 1.165) is 11.3 Å². The molecule has 1 amide bonds. The number of carbonyl (C=O) groups excluding carboxylic acids is 1. The first-order chi connectivity index (χ1) is 11.1. The molecular weight excluding hydrogens is 310 g/mol. The number of aromatic nitrogens is 4. The van der Waals surface area contributed by atoms with Crippen LogP contribution in [0, 0.1) is 4.77 Å². The molecule has 6 nitrogen and oxygen atoms in total. The van der Waals surface area contributed by atoms with Crippen molar-refractivity contribution in [1.82, 2.24) is 24.2 Å². The van der Waals surface area contributed by atoms with Crippen LogP contribution in [0.3, 0.4) is 0 Å². The van der Waals surface area contributed by atoms with Gasteiger partial charge in [-0.15, -0.1) is 0 Å². The van der Waals surface area contributed by atoms with E-state index >= 15 is 0 Å². The Kier molecular flexibility index (Phi) is 4.12. The van der Waals surface area contributed by atoms with Gasteiger partial charge in [-0.1, -0.05) is 18.2 Å². The standard InChI is InChI=1S/C16H17N5OS/c1-19(10-12-8-18-20(2)11-12)15(22)14-9-17-16(23)21(14)13-6-4-3-5-7-13/h3-9,11H,10H2,1-2H3,(H,17,23). The molecule has 7 heteroatoms. The zero-order chi connectivity index (χ0) is 16.4. The molecule has 1 N–H and O–H groups in total. The summed E-state index contributed by atoms with van der Waals surface area (Å²) in [6.45, 7) is 0.486. The maximum atomic E-state index is 12.8. The van der Waals surface area contributed by atoms with Gasteiger partial charge in [-0.25, -0.2) is 0 Å². The Balaban J connectivity index is 1.90. The lowest BCUT2D eigenvalue weighted by Crippen LogP contribution is -2.28. The van der Waals surface area contributed by atoms with E-state index in [4.69, 9.17) is 12.2 Å². The van der Waals surface area contributed by atoms with Crippen LogP contribution in [0.25, 0.3) is 5.69 Å². The number of para-hydroxylation sites is 1. The third-order valence-electron chi connectivity index (χ3n) is 3.53. The number of nitrogens with zero attached hydrogens (tertiary/aromatic N) is 4. The summed E-state index contributed by atoms with van der Waals surface area (Å²) in [5, 5.41) is 4.12. The monoisotopic (exact) mass is 327 g/mol. The first-order valence-electron chi connectivity index (χ1n) is 7.15. The van der Waals surface area contributed by atoms with Crippen molar-refractivity contribution in [3.05, 3.63) is 65.0 Å². The lowest BCUT2D eigenvalue weighted by Gasteiger charge is -2.17. The number of benzene rings is 1. The first kappa shape index (κ1) is 15.2. The Labute approximate surface area is 139 Å². The van der Waals surface area contributed by atoms with Gasteiger partial charge in [0, 0.05) is 44.3 Å². The van der Waals surface area contributed by atoms with Crippen molar-refractivity contribution in [2.24, 2.45) is 7.05 Å². The minimum absolute atomic E-state index is 0.106. The second-order valence-corrected chi connectivity index (χ2v) is 5.72. The summed E-state index contributed by atoms with van der Waals surface area (Å²) in [5.41, 5.74) is 2.34. The number of H-pyrrole nitrogens is 1. The van der Waals surface area contributed by atoms with E-state index in [0.29, 0.717) is 17.0 Å². The summed E-state index contributed by atoms with van der Waals surface area (Å²) in [6, 6.07) is 9.59. The topological polar surface area (TPSA) is 58.9 Å². The van der Waals surface area contributed by atoms with E-state index in [2.05, 4.69) is 10.1 Å². The highest BCUT2D eigenvalue weighted by Gasteiger charge is 2.18. The largest absolute Gasteiger partial charge is 0.336 e. The number of rotatable bonds is 4. The molecular formula is C16H17N5OS. The number of hydrogen-bond donors (Lipinski definition) is 1. The maximum Gasteiger partial charge on any atom is 0.272 e. The zero-order valence-electron chi connectivity index (χ0n) is 12.9. The number of imidazole rings is 1. The van der Waals surface area contributed by atoms with Gasteiger partial charge in [-0.3, -0.25) is 14.0 Å². The average molecular weight is 327 g/mol. The minimum atomic E-state index is -0.106. The Morgan fingerprint density at radius 1 is 1.35 bits per heavy atom. The number of amides is 1. The van der Waals surface area contributed by atoms with Crippen LogP contribution in [0.4, 0.5) is 0 Å². The summed E-state index contributed by atoms with van der Waals surface area (Å²) in [5.74, 6) is -0.106. The molecule has 0 bridgehead atoms. The predicted octanol–water partition coefficient (Wildman–Crippen LogP) is 2.54. The number of carbonyl (C=O) groups is 1. The van der Waals surface area contributed by atoms with E-state index in [1.807, 2.05) is 43.6 Å². The lowest BCUT2D eigenvalue weighted by atomic mass is 10.3. The van der Waals surface area contributed by atoms with E-state index in [-0.39, 0.29) is 5.91 Å². The van der Waals surface area contributed by atoms with Gasteiger partial charge in [0.1, 0.15) is 5.69 Å². The van der Waals surface area contributed by atoms with Gasteiger partial charge in [0.15, 0.2) is 4.77 Å². The van der Waals surface area contributed by atoms with E-state index in [1.54, 1.807) is 33.6 Å². The molecule has 0 aliphatic heterocycles. The Morgan fingerprint density at radius 3 is 2.74 bits per heavy atom. The van der Waals surface area contributed by atoms with Gasteiger partial charge in [0.25, 0.3) is 5.91 Å².